The molecule has 36 heavy (non-hydrogen) atoms. The van der Waals surface area contributed by atoms with Crippen molar-refractivity contribution in [1.29, 1.82) is 0 Å². The van der Waals surface area contributed by atoms with E-state index in [-0.39, 0.29) is 18.4 Å². The highest BCUT2D eigenvalue weighted by atomic mass is 32.1. The largest absolute Gasteiger partial charge is 0.495 e. The number of fused-ring (bicyclic) bond motifs is 1. The van der Waals surface area contributed by atoms with Gasteiger partial charge in [-0.1, -0.05) is 42.5 Å². The van der Waals surface area contributed by atoms with Crippen molar-refractivity contribution in [2.45, 2.75) is 19.4 Å². The van der Waals surface area contributed by atoms with Gasteiger partial charge < -0.3 is 14.8 Å². The summed E-state index contributed by atoms with van der Waals surface area (Å²) >= 11 is 1.59. The zero-order chi connectivity index (χ0) is 25.1. The Morgan fingerprint density at radius 2 is 1.89 bits per heavy atom. The molecule has 0 spiro atoms. The first kappa shape index (κ1) is 23.6. The molecule has 0 saturated carbocycles. The Kier molecular flexibility index (Phi) is 6.69. The molecule has 4 aromatic rings. The summed E-state index contributed by atoms with van der Waals surface area (Å²) in [5, 5.41) is 5.85. The molecule has 1 aliphatic heterocycles. The third-order valence-electron chi connectivity index (χ3n) is 5.90. The van der Waals surface area contributed by atoms with Crippen LogP contribution in [0.2, 0.25) is 0 Å². The second kappa shape index (κ2) is 10.2. The molecule has 0 fully saturated rings. The molecule has 3 aromatic carbocycles. The number of rotatable bonds is 7. The number of methoxy groups -OCH3 is 1. The molecule has 182 valence electrons. The number of anilines is 2. The first-order chi connectivity index (χ1) is 17.5. The average Bonchev–Trinajstić information content (AvgIpc) is 3.36. The van der Waals surface area contributed by atoms with Crippen LogP contribution in [0.1, 0.15) is 17.5 Å². The van der Waals surface area contributed by atoms with Gasteiger partial charge in [0.25, 0.3) is 5.91 Å². The zero-order valence-corrected chi connectivity index (χ0v) is 20.7. The highest BCUT2D eigenvalue weighted by molar-refractivity contribution is 7.10. The summed E-state index contributed by atoms with van der Waals surface area (Å²) in [6, 6.07) is 23.0. The molecule has 1 aromatic heterocycles. The Hall–Kier alpha value is -4.17. The summed E-state index contributed by atoms with van der Waals surface area (Å²) in [4.78, 5) is 32.2. The second-order valence-corrected chi connectivity index (χ2v) is 9.35. The van der Waals surface area contributed by atoms with Crippen molar-refractivity contribution in [1.82, 2.24) is 4.98 Å². The predicted octanol–water partition coefficient (Wildman–Crippen LogP) is 5.16. The van der Waals surface area contributed by atoms with E-state index in [4.69, 9.17) is 14.5 Å². The van der Waals surface area contributed by atoms with Crippen molar-refractivity contribution in [2.24, 2.45) is 0 Å². The maximum absolute atomic E-state index is 13.0. The number of amides is 2. The lowest BCUT2D eigenvalue weighted by atomic mass is 10.1. The van der Waals surface area contributed by atoms with Gasteiger partial charge in [-0.2, -0.15) is 0 Å². The van der Waals surface area contributed by atoms with Gasteiger partial charge in [0, 0.05) is 17.4 Å². The van der Waals surface area contributed by atoms with Crippen molar-refractivity contribution in [3.05, 3.63) is 88.7 Å². The summed E-state index contributed by atoms with van der Waals surface area (Å²) in [7, 11) is 1.54. The van der Waals surface area contributed by atoms with E-state index in [1.54, 1.807) is 37.5 Å². The molecular weight excluding hydrogens is 474 g/mol. The number of para-hydroxylation sites is 2. The Balaban J connectivity index is 1.39. The topological polar surface area (TPSA) is 80.8 Å². The Labute approximate surface area is 213 Å². The maximum Gasteiger partial charge on any atom is 0.268 e. The highest BCUT2D eigenvalue weighted by Crippen LogP contribution is 2.38. The normalized spacial score (nSPS) is 14.7. The Morgan fingerprint density at radius 3 is 2.69 bits per heavy atom. The number of carbonyl (C=O) groups is 2. The summed E-state index contributed by atoms with van der Waals surface area (Å²) in [5.41, 5.74) is 3.96. The van der Waals surface area contributed by atoms with E-state index in [0.29, 0.717) is 22.9 Å². The van der Waals surface area contributed by atoms with E-state index in [1.807, 2.05) is 53.9 Å². The summed E-state index contributed by atoms with van der Waals surface area (Å²) in [6.45, 7) is 1.53. The lowest BCUT2D eigenvalue weighted by Gasteiger charge is -2.33. The van der Waals surface area contributed by atoms with E-state index in [1.165, 1.54) is 10.5 Å². The van der Waals surface area contributed by atoms with Gasteiger partial charge in [-0.15, -0.1) is 11.3 Å². The van der Waals surface area contributed by atoms with Crippen molar-refractivity contribution in [3.63, 3.8) is 0 Å². The molecule has 0 aliphatic carbocycles. The van der Waals surface area contributed by atoms with Crippen LogP contribution in [0, 0.1) is 0 Å². The van der Waals surface area contributed by atoms with Gasteiger partial charge in [0.2, 0.25) is 5.91 Å². The number of hydrogen-bond acceptors (Lipinski definition) is 6. The molecule has 0 saturated heterocycles. The minimum atomic E-state index is -0.695. The molecule has 5 rings (SSSR count). The van der Waals surface area contributed by atoms with Crippen LogP contribution >= 0.6 is 11.3 Å². The number of ether oxygens (including phenoxy) is 2. The van der Waals surface area contributed by atoms with Crippen molar-refractivity contribution in [2.75, 3.05) is 23.9 Å². The van der Waals surface area contributed by atoms with Gasteiger partial charge in [0.05, 0.1) is 29.2 Å². The van der Waals surface area contributed by atoms with Crippen molar-refractivity contribution < 1.29 is 19.1 Å². The van der Waals surface area contributed by atoms with E-state index >= 15 is 0 Å². The van der Waals surface area contributed by atoms with Crippen LogP contribution in [0.3, 0.4) is 0 Å². The molecule has 0 bridgehead atoms. The molecule has 7 nitrogen and oxygen atoms in total. The van der Waals surface area contributed by atoms with E-state index in [2.05, 4.69) is 17.4 Å². The number of hydrogen-bond donors (Lipinski definition) is 1. The monoisotopic (exact) mass is 499 g/mol. The fourth-order valence-corrected chi connectivity index (χ4v) is 4.94. The minimum absolute atomic E-state index is 0.155. The molecule has 1 N–H and O–H groups in total. The fraction of sp³-hybridized carbons (Fsp3) is 0.179. The third-order valence-corrected chi connectivity index (χ3v) is 6.74. The Bertz CT molecular complexity index is 1400. The van der Waals surface area contributed by atoms with Crippen LogP contribution < -0.4 is 19.7 Å². The summed E-state index contributed by atoms with van der Waals surface area (Å²) in [6.07, 6.45) is 0.0595. The molecular formula is C28H25N3O4S. The Morgan fingerprint density at radius 1 is 1.11 bits per heavy atom. The molecule has 1 unspecified atom stereocenters. The zero-order valence-electron chi connectivity index (χ0n) is 19.9. The van der Waals surface area contributed by atoms with E-state index in [0.717, 1.165) is 22.7 Å². The average molecular weight is 500 g/mol. The number of aromatic nitrogens is 1. The third kappa shape index (κ3) is 4.94. The van der Waals surface area contributed by atoms with Gasteiger partial charge >= 0.3 is 0 Å². The SMILES string of the molecule is COc1ccccc1NC(=O)CN1C(=O)C(C)Oc2ccc(-c3csc(Cc4ccccc4)n3)cc21. The lowest BCUT2D eigenvalue weighted by Crippen LogP contribution is -2.47. The number of benzene rings is 3. The summed E-state index contributed by atoms with van der Waals surface area (Å²) in [5.74, 6) is 0.482. The van der Waals surface area contributed by atoms with E-state index in [9.17, 15) is 9.59 Å². The van der Waals surface area contributed by atoms with Gasteiger partial charge in [-0.25, -0.2) is 4.98 Å². The van der Waals surface area contributed by atoms with Crippen molar-refractivity contribution in [3.8, 4) is 22.8 Å². The highest BCUT2D eigenvalue weighted by Gasteiger charge is 2.33. The summed E-state index contributed by atoms with van der Waals surface area (Å²) < 4.78 is 11.1. The number of thiazole rings is 1. The van der Waals surface area contributed by atoms with Crippen molar-refractivity contribution >= 4 is 34.5 Å². The number of carbonyl (C=O) groups excluding carboxylic acids is 2. The fourth-order valence-electron chi connectivity index (χ4n) is 4.11. The standard InChI is InChI=1S/C28H25N3O4S/c1-18-28(33)31(16-26(32)29-21-10-6-7-11-24(21)34-2)23-15-20(12-13-25(23)35-18)22-17-36-27(30-22)14-19-8-4-3-5-9-19/h3-13,15,17-18H,14,16H2,1-2H3,(H,29,32). The van der Waals surface area contributed by atoms with Gasteiger partial charge in [-0.3, -0.25) is 14.5 Å². The molecule has 0 radical (unpaired) electrons. The van der Waals surface area contributed by atoms with Crippen LogP contribution in [0.25, 0.3) is 11.3 Å². The lowest BCUT2D eigenvalue weighted by molar-refractivity contribution is -0.127. The smallest absolute Gasteiger partial charge is 0.268 e. The van der Waals surface area contributed by atoms with Crippen LogP contribution in [0.15, 0.2) is 78.2 Å². The number of nitrogens with one attached hydrogen (secondary N) is 1. The number of nitrogens with zero attached hydrogens (tertiary/aromatic N) is 2. The van der Waals surface area contributed by atoms with Gasteiger partial charge in [0.15, 0.2) is 6.10 Å². The van der Waals surface area contributed by atoms with Crippen LogP contribution in [-0.2, 0) is 16.0 Å². The molecule has 2 heterocycles. The first-order valence-corrected chi connectivity index (χ1v) is 12.4. The van der Waals surface area contributed by atoms with E-state index < -0.39 is 6.10 Å². The van der Waals surface area contributed by atoms with Gasteiger partial charge in [-0.05, 0) is 42.8 Å². The molecule has 2 amide bonds. The molecule has 1 atom stereocenters. The second-order valence-electron chi connectivity index (χ2n) is 8.40. The predicted molar refractivity (Wildman–Crippen MR) is 141 cm³/mol. The first-order valence-electron chi connectivity index (χ1n) is 11.6. The molecule has 8 heteroatoms. The molecule has 1 aliphatic rings. The quantitative estimate of drug-likeness (QED) is 0.380. The minimum Gasteiger partial charge on any atom is -0.495 e. The maximum atomic E-state index is 13.0. The van der Waals surface area contributed by atoms with Gasteiger partial charge in [0.1, 0.15) is 18.0 Å². The van der Waals surface area contributed by atoms with Crippen LogP contribution in [-0.4, -0.2) is 36.6 Å². The van der Waals surface area contributed by atoms with Crippen LogP contribution in [0.5, 0.6) is 11.5 Å². The van der Waals surface area contributed by atoms with Crippen LogP contribution in [0.4, 0.5) is 11.4 Å².